The second kappa shape index (κ2) is 5.33. The molecule has 0 radical (unpaired) electrons. The highest BCUT2D eigenvalue weighted by molar-refractivity contribution is 6.05. The fraction of sp³-hybridized carbons (Fsp3) is 0.250. The molecule has 4 nitrogen and oxygen atoms in total. The first-order valence-electron chi connectivity index (χ1n) is 6.69. The van der Waals surface area contributed by atoms with Crippen molar-refractivity contribution in [3.05, 3.63) is 53.9 Å². The number of hydrogen-bond acceptors (Lipinski definition) is 3. The predicted octanol–water partition coefficient (Wildman–Crippen LogP) is 2.68. The van der Waals surface area contributed by atoms with Gasteiger partial charge in [0.05, 0.1) is 7.11 Å². The van der Waals surface area contributed by atoms with Crippen LogP contribution in [0.25, 0.3) is 0 Å². The normalized spacial score (nSPS) is 13.8. The van der Waals surface area contributed by atoms with Crippen molar-refractivity contribution in [2.24, 2.45) is 0 Å². The maximum Gasteiger partial charge on any atom is 0.276 e. The molecule has 2 aromatic rings. The van der Waals surface area contributed by atoms with E-state index in [1.165, 1.54) is 0 Å². The SMILES string of the molecule is COc1ccc2c(c1)CCCN2C(=O)c1ccccn1. The molecule has 0 atom stereocenters. The van der Waals surface area contributed by atoms with Crippen LogP contribution in [-0.4, -0.2) is 24.5 Å². The number of aromatic nitrogens is 1. The zero-order valence-electron chi connectivity index (χ0n) is 11.4. The van der Waals surface area contributed by atoms with Crippen molar-refractivity contribution in [2.75, 3.05) is 18.6 Å². The Kier molecular flexibility index (Phi) is 3.37. The van der Waals surface area contributed by atoms with Crippen molar-refractivity contribution in [3.8, 4) is 5.75 Å². The molecular weight excluding hydrogens is 252 g/mol. The second-order valence-corrected chi connectivity index (χ2v) is 4.77. The number of carbonyl (C=O) groups is 1. The summed E-state index contributed by atoms with van der Waals surface area (Å²) in [5.74, 6) is 0.785. The lowest BCUT2D eigenvalue weighted by atomic mass is 10.0. The van der Waals surface area contributed by atoms with Crippen molar-refractivity contribution in [1.29, 1.82) is 0 Å². The average Bonchev–Trinajstić information content (AvgIpc) is 2.54. The van der Waals surface area contributed by atoms with Gasteiger partial charge in [0.2, 0.25) is 0 Å². The molecule has 0 aliphatic carbocycles. The van der Waals surface area contributed by atoms with E-state index in [-0.39, 0.29) is 5.91 Å². The summed E-state index contributed by atoms with van der Waals surface area (Å²) in [7, 11) is 1.65. The molecule has 1 aromatic carbocycles. The van der Waals surface area contributed by atoms with E-state index in [9.17, 15) is 4.79 Å². The summed E-state index contributed by atoms with van der Waals surface area (Å²) in [6.45, 7) is 0.731. The van der Waals surface area contributed by atoms with Crippen LogP contribution < -0.4 is 9.64 Å². The van der Waals surface area contributed by atoms with Crippen molar-refractivity contribution >= 4 is 11.6 Å². The van der Waals surface area contributed by atoms with Gasteiger partial charge in [-0.2, -0.15) is 0 Å². The number of nitrogens with zero attached hydrogens (tertiary/aromatic N) is 2. The summed E-state index contributed by atoms with van der Waals surface area (Å²) in [6, 6.07) is 11.2. The van der Waals surface area contributed by atoms with Crippen LogP contribution in [0.3, 0.4) is 0 Å². The highest BCUT2D eigenvalue weighted by atomic mass is 16.5. The minimum Gasteiger partial charge on any atom is -0.497 e. The first kappa shape index (κ1) is 12.7. The molecule has 0 fully saturated rings. The highest BCUT2D eigenvalue weighted by Gasteiger charge is 2.24. The average molecular weight is 268 g/mol. The Hall–Kier alpha value is -2.36. The summed E-state index contributed by atoms with van der Waals surface area (Å²) in [4.78, 5) is 18.5. The number of carbonyl (C=O) groups excluding carboxylic acids is 1. The van der Waals surface area contributed by atoms with E-state index in [1.54, 1.807) is 24.3 Å². The quantitative estimate of drug-likeness (QED) is 0.841. The van der Waals surface area contributed by atoms with Gasteiger partial charge in [-0.25, -0.2) is 0 Å². The van der Waals surface area contributed by atoms with Crippen LogP contribution in [-0.2, 0) is 6.42 Å². The lowest BCUT2D eigenvalue weighted by molar-refractivity contribution is 0.0980. The third-order valence-electron chi connectivity index (χ3n) is 3.53. The molecule has 0 bridgehead atoms. The smallest absolute Gasteiger partial charge is 0.276 e. The molecule has 0 N–H and O–H groups in total. The van der Waals surface area contributed by atoms with Gasteiger partial charge >= 0.3 is 0 Å². The van der Waals surface area contributed by atoms with E-state index in [0.29, 0.717) is 5.69 Å². The topological polar surface area (TPSA) is 42.4 Å². The first-order valence-corrected chi connectivity index (χ1v) is 6.69. The molecule has 0 saturated carbocycles. The molecule has 1 amide bonds. The Morgan fingerprint density at radius 1 is 1.30 bits per heavy atom. The Balaban J connectivity index is 1.96. The maximum atomic E-state index is 12.5. The molecule has 20 heavy (non-hydrogen) atoms. The monoisotopic (exact) mass is 268 g/mol. The van der Waals surface area contributed by atoms with Gasteiger partial charge < -0.3 is 9.64 Å². The minimum atomic E-state index is -0.0447. The van der Waals surface area contributed by atoms with Crippen LogP contribution in [0.4, 0.5) is 5.69 Å². The van der Waals surface area contributed by atoms with Gasteiger partial charge in [-0.1, -0.05) is 6.07 Å². The maximum absolute atomic E-state index is 12.5. The summed E-state index contributed by atoms with van der Waals surface area (Å²) < 4.78 is 5.24. The lowest BCUT2D eigenvalue weighted by Gasteiger charge is -2.29. The van der Waals surface area contributed by atoms with E-state index in [4.69, 9.17) is 4.74 Å². The van der Waals surface area contributed by atoms with Crippen LogP contribution in [0.1, 0.15) is 22.5 Å². The molecule has 3 rings (SSSR count). The standard InChI is InChI=1S/C16H16N2O2/c1-20-13-7-8-15-12(11-13)5-4-10-18(15)16(19)14-6-2-3-9-17-14/h2-3,6-9,11H,4-5,10H2,1H3. The minimum absolute atomic E-state index is 0.0447. The first-order chi connectivity index (χ1) is 9.79. The number of fused-ring (bicyclic) bond motifs is 1. The van der Waals surface area contributed by atoms with Crippen LogP contribution in [0.2, 0.25) is 0 Å². The Bertz CT molecular complexity index is 626. The number of hydrogen-bond donors (Lipinski definition) is 0. The number of aryl methyl sites for hydroxylation is 1. The van der Waals surface area contributed by atoms with Gasteiger partial charge in [0.1, 0.15) is 11.4 Å². The zero-order chi connectivity index (χ0) is 13.9. The molecule has 4 heteroatoms. The van der Waals surface area contributed by atoms with Crippen LogP contribution >= 0.6 is 0 Å². The van der Waals surface area contributed by atoms with Gasteiger partial charge in [-0.3, -0.25) is 9.78 Å². The van der Waals surface area contributed by atoms with Crippen molar-refractivity contribution in [1.82, 2.24) is 4.98 Å². The third kappa shape index (κ3) is 2.25. The molecule has 0 spiro atoms. The number of rotatable bonds is 2. The molecule has 102 valence electrons. The molecule has 1 aliphatic rings. The van der Waals surface area contributed by atoms with Crippen molar-refractivity contribution in [2.45, 2.75) is 12.8 Å². The third-order valence-corrected chi connectivity index (χ3v) is 3.53. The molecule has 1 aliphatic heterocycles. The molecule has 1 aromatic heterocycles. The zero-order valence-corrected chi connectivity index (χ0v) is 11.4. The summed E-state index contributed by atoms with van der Waals surface area (Å²) in [6.07, 6.45) is 3.57. The summed E-state index contributed by atoms with van der Waals surface area (Å²) in [5, 5.41) is 0. The van der Waals surface area contributed by atoms with E-state index < -0.39 is 0 Å². The lowest BCUT2D eigenvalue weighted by Crippen LogP contribution is -2.35. The largest absolute Gasteiger partial charge is 0.497 e. The van der Waals surface area contributed by atoms with Crippen molar-refractivity contribution in [3.63, 3.8) is 0 Å². The molecular formula is C16H16N2O2. The highest BCUT2D eigenvalue weighted by Crippen LogP contribution is 2.31. The number of pyridine rings is 1. The van der Waals surface area contributed by atoms with Gasteiger partial charge in [0.25, 0.3) is 5.91 Å². The van der Waals surface area contributed by atoms with Crippen LogP contribution in [0.15, 0.2) is 42.6 Å². The second-order valence-electron chi connectivity index (χ2n) is 4.77. The fourth-order valence-electron chi connectivity index (χ4n) is 2.54. The Morgan fingerprint density at radius 3 is 2.95 bits per heavy atom. The van der Waals surface area contributed by atoms with Crippen molar-refractivity contribution < 1.29 is 9.53 Å². The van der Waals surface area contributed by atoms with Crippen LogP contribution in [0.5, 0.6) is 5.75 Å². The summed E-state index contributed by atoms with van der Waals surface area (Å²) >= 11 is 0. The number of amides is 1. The molecule has 2 heterocycles. The molecule has 0 unspecified atom stereocenters. The van der Waals surface area contributed by atoms with E-state index >= 15 is 0 Å². The van der Waals surface area contributed by atoms with Gasteiger partial charge in [0, 0.05) is 18.4 Å². The summed E-state index contributed by atoms with van der Waals surface area (Å²) in [5.41, 5.74) is 2.60. The number of benzene rings is 1. The van der Waals surface area contributed by atoms with Crippen LogP contribution in [0, 0.1) is 0 Å². The van der Waals surface area contributed by atoms with Gasteiger partial charge in [0.15, 0.2) is 0 Å². The van der Waals surface area contributed by atoms with E-state index in [0.717, 1.165) is 36.4 Å². The fourth-order valence-corrected chi connectivity index (χ4v) is 2.54. The number of methoxy groups -OCH3 is 1. The Morgan fingerprint density at radius 2 is 2.20 bits per heavy atom. The Labute approximate surface area is 118 Å². The van der Waals surface area contributed by atoms with Gasteiger partial charge in [-0.15, -0.1) is 0 Å². The predicted molar refractivity (Wildman–Crippen MR) is 77.2 cm³/mol. The number of ether oxygens (including phenoxy) is 1. The van der Waals surface area contributed by atoms with Gasteiger partial charge in [-0.05, 0) is 48.7 Å². The van der Waals surface area contributed by atoms with E-state index in [1.807, 2.05) is 30.3 Å². The molecule has 0 saturated heterocycles. The van der Waals surface area contributed by atoms with E-state index in [2.05, 4.69) is 4.98 Å². The number of anilines is 1.